The fourth-order valence-corrected chi connectivity index (χ4v) is 5.69. The van der Waals surface area contributed by atoms with Crippen LogP contribution in [0.1, 0.15) is 76.9 Å². The zero-order valence-corrected chi connectivity index (χ0v) is 26.5. The summed E-state index contributed by atoms with van der Waals surface area (Å²) >= 11 is 0. The number of likely N-dealkylation sites (N-methyl/N-ethyl adjacent to an activating group) is 1. The minimum atomic E-state index is -0.647. The van der Waals surface area contributed by atoms with Crippen LogP contribution in [0.4, 0.5) is 5.69 Å². The summed E-state index contributed by atoms with van der Waals surface area (Å²) < 4.78 is 13.0. The lowest BCUT2D eigenvalue weighted by Crippen LogP contribution is -2.43. The molecule has 5 atom stereocenters. The van der Waals surface area contributed by atoms with Gasteiger partial charge in [-0.15, -0.1) is 0 Å². The van der Waals surface area contributed by atoms with Crippen LogP contribution in [0.15, 0.2) is 103 Å². The maximum atomic E-state index is 12.8. The topological polar surface area (TPSA) is 108 Å². The minimum absolute atomic E-state index is 0.0260. The van der Waals surface area contributed by atoms with Crippen molar-refractivity contribution in [2.75, 3.05) is 18.9 Å². The first-order valence-corrected chi connectivity index (χ1v) is 15.6. The molecule has 3 N–H and O–H groups in total. The molecule has 4 aromatic rings. The van der Waals surface area contributed by atoms with Gasteiger partial charge < -0.3 is 25.0 Å². The van der Waals surface area contributed by atoms with E-state index in [9.17, 15) is 19.8 Å². The number of amides is 1. The molecule has 1 heterocycles. The van der Waals surface area contributed by atoms with Gasteiger partial charge in [-0.3, -0.25) is 14.5 Å². The van der Waals surface area contributed by atoms with E-state index in [0.717, 1.165) is 27.8 Å². The molecule has 0 radical (unpaired) electrons. The van der Waals surface area contributed by atoms with Crippen LogP contribution >= 0.6 is 0 Å². The normalized spacial score (nSPS) is 19.4. The van der Waals surface area contributed by atoms with Gasteiger partial charge in [0.05, 0.1) is 31.3 Å². The molecule has 8 nitrogen and oxygen atoms in total. The van der Waals surface area contributed by atoms with Crippen LogP contribution < -0.4 is 5.32 Å². The maximum Gasteiger partial charge on any atom is 0.228 e. The highest BCUT2D eigenvalue weighted by Crippen LogP contribution is 2.38. The van der Waals surface area contributed by atoms with E-state index in [2.05, 4.69) is 10.2 Å². The Kier molecular flexibility index (Phi) is 11.1. The summed E-state index contributed by atoms with van der Waals surface area (Å²) in [6.07, 6.45) is -0.918. The number of Topliss-reactive ketones (excluding diaryl/α,β-unsaturated/α-hetero) is 1. The Bertz CT molecular complexity index is 1590. The third-order valence-corrected chi connectivity index (χ3v) is 8.57. The average molecular weight is 623 g/mol. The van der Waals surface area contributed by atoms with Crippen molar-refractivity contribution in [3.05, 3.63) is 137 Å². The zero-order valence-electron chi connectivity index (χ0n) is 26.5. The predicted molar refractivity (Wildman–Crippen MR) is 177 cm³/mol. The third-order valence-electron chi connectivity index (χ3n) is 8.57. The van der Waals surface area contributed by atoms with Crippen molar-refractivity contribution >= 4 is 17.4 Å². The smallest absolute Gasteiger partial charge is 0.228 e. The molecule has 0 aliphatic carbocycles. The number of nitrogens with one attached hydrogen (secondary N) is 1. The van der Waals surface area contributed by atoms with Crippen molar-refractivity contribution in [1.29, 1.82) is 0 Å². The lowest BCUT2D eigenvalue weighted by atomic mass is 9.98. The maximum absolute atomic E-state index is 12.8. The standard InChI is InChI=1S/C38H42N2O6/c1-25(37(44)30-8-5-4-6-9-30)40(3)23-34-22-35(29-16-14-28(24-41)15-17-29)46-38(45-34)31-18-12-27(13-19-31)20-36(43)39-33-11-7-10-32(21-33)26(2)42/h4-19,21,25,34-35,37-38,41,44H,20,22-24H2,1-3H3,(H,39,43)/t25-,34-,35+,37-,38?/m0/s1. The van der Waals surface area contributed by atoms with E-state index in [1.54, 1.807) is 24.3 Å². The molecule has 4 aromatic carbocycles. The van der Waals surface area contributed by atoms with Crippen molar-refractivity contribution in [3.63, 3.8) is 0 Å². The van der Waals surface area contributed by atoms with E-state index in [1.807, 2.05) is 92.8 Å². The summed E-state index contributed by atoms with van der Waals surface area (Å²) in [7, 11) is 1.99. The van der Waals surface area contributed by atoms with Crippen LogP contribution in [0.3, 0.4) is 0 Å². The number of aliphatic hydroxyl groups is 2. The Labute approximate surface area is 270 Å². The van der Waals surface area contributed by atoms with Gasteiger partial charge in [0.1, 0.15) is 0 Å². The van der Waals surface area contributed by atoms with Crippen LogP contribution in [0.2, 0.25) is 0 Å². The van der Waals surface area contributed by atoms with Gasteiger partial charge in [0.25, 0.3) is 0 Å². The molecule has 240 valence electrons. The highest BCUT2D eigenvalue weighted by molar-refractivity contribution is 5.97. The summed E-state index contributed by atoms with van der Waals surface area (Å²) in [5.41, 5.74) is 5.49. The van der Waals surface area contributed by atoms with Gasteiger partial charge in [0.15, 0.2) is 12.1 Å². The van der Waals surface area contributed by atoms with Gasteiger partial charge in [-0.05, 0) is 55.3 Å². The molecule has 1 aliphatic heterocycles. The second-order valence-electron chi connectivity index (χ2n) is 12.0. The molecule has 0 bridgehead atoms. The number of ketones is 1. The van der Waals surface area contributed by atoms with E-state index in [-0.39, 0.29) is 43.0 Å². The SMILES string of the molecule is CC(=O)c1cccc(NC(=O)Cc2ccc(C3O[C@H](CN(C)[C@@H](C)[C@H](O)c4ccccc4)C[C@H](c4ccc(CO)cc4)O3)cc2)c1. The number of benzene rings is 4. The van der Waals surface area contributed by atoms with Crippen LogP contribution in [-0.2, 0) is 27.3 Å². The Hall–Kier alpha value is -4.18. The Balaban J connectivity index is 1.28. The fraction of sp³-hybridized carbons (Fsp3) is 0.316. The van der Waals surface area contributed by atoms with E-state index in [1.165, 1.54) is 6.92 Å². The number of rotatable bonds is 12. The van der Waals surface area contributed by atoms with Gasteiger partial charge in [-0.1, -0.05) is 91.0 Å². The van der Waals surface area contributed by atoms with Crippen molar-refractivity contribution < 1.29 is 29.3 Å². The lowest BCUT2D eigenvalue weighted by molar-refractivity contribution is -0.253. The molecule has 1 saturated heterocycles. The number of aliphatic hydroxyl groups excluding tert-OH is 2. The summed E-state index contributed by atoms with van der Waals surface area (Å²) in [6.45, 7) is 4.06. The molecule has 0 spiro atoms. The van der Waals surface area contributed by atoms with Crippen LogP contribution in [0.5, 0.6) is 0 Å². The van der Waals surface area contributed by atoms with E-state index < -0.39 is 12.4 Å². The second kappa shape index (κ2) is 15.4. The lowest BCUT2D eigenvalue weighted by Gasteiger charge is -2.39. The fourth-order valence-electron chi connectivity index (χ4n) is 5.69. The first-order chi connectivity index (χ1) is 22.2. The molecule has 8 heteroatoms. The first kappa shape index (κ1) is 33.2. The first-order valence-electron chi connectivity index (χ1n) is 15.6. The zero-order chi connectivity index (χ0) is 32.6. The molecule has 1 unspecified atom stereocenters. The second-order valence-corrected chi connectivity index (χ2v) is 12.0. The summed E-state index contributed by atoms with van der Waals surface area (Å²) in [5.74, 6) is -0.239. The largest absolute Gasteiger partial charge is 0.392 e. The van der Waals surface area contributed by atoms with Crippen molar-refractivity contribution in [3.8, 4) is 0 Å². The molecular formula is C38H42N2O6. The van der Waals surface area contributed by atoms with Gasteiger partial charge in [-0.2, -0.15) is 0 Å². The number of anilines is 1. The van der Waals surface area contributed by atoms with Gasteiger partial charge in [-0.25, -0.2) is 0 Å². The molecule has 0 saturated carbocycles. The van der Waals surface area contributed by atoms with Crippen molar-refractivity contribution in [2.45, 2.75) is 63.9 Å². The third kappa shape index (κ3) is 8.54. The molecule has 5 rings (SSSR count). The van der Waals surface area contributed by atoms with Gasteiger partial charge in [0, 0.05) is 35.8 Å². The molecule has 1 aliphatic rings. The van der Waals surface area contributed by atoms with Crippen LogP contribution in [0, 0.1) is 0 Å². The molecule has 1 fully saturated rings. The Morgan fingerprint density at radius 2 is 1.57 bits per heavy atom. The van der Waals surface area contributed by atoms with E-state index >= 15 is 0 Å². The highest BCUT2D eigenvalue weighted by atomic mass is 16.7. The quantitative estimate of drug-likeness (QED) is 0.162. The molecule has 46 heavy (non-hydrogen) atoms. The van der Waals surface area contributed by atoms with Gasteiger partial charge in [0.2, 0.25) is 5.91 Å². The Morgan fingerprint density at radius 3 is 2.24 bits per heavy atom. The number of carbonyl (C=O) groups is 2. The number of carbonyl (C=O) groups excluding carboxylic acids is 2. The highest BCUT2D eigenvalue weighted by Gasteiger charge is 2.34. The summed E-state index contributed by atoms with van der Waals surface area (Å²) in [5, 5.41) is 23.4. The van der Waals surface area contributed by atoms with Crippen LogP contribution in [-0.4, -0.2) is 52.5 Å². The summed E-state index contributed by atoms with van der Waals surface area (Å²) in [6, 6.07) is 31.8. The molecule has 1 amide bonds. The minimum Gasteiger partial charge on any atom is -0.392 e. The molecule has 0 aromatic heterocycles. The monoisotopic (exact) mass is 622 g/mol. The summed E-state index contributed by atoms with van der Waals surface area (Å²) in [4.78, 5) is 26.6. The van der Waals surface area contributed by atoms with Crippen LogP contribution in [0.25, 0.3) is 0 Å². The number of ether oxygens (including phenoxy) is 2. The Morgan fingerprint density at radius 1 is 0.891 bits per heavy atom. The van der Waals surface area contributed by atoms with E-state index in [4.69, 9.17) is 9.47 Å². The number of nitrogens with zero attached hydrogens (tertiary/aromatic N) is 1. The average Bonchev–Trinajstić information content (AvgIpc) is 3.08. The van der Waals surface area contributed by atoms with Gasteiger partial charge >= 0.3 is 0 Å². The number of hydrogen-bond acceptors (Lipinski definition) is 7. The van der Waals surface area contributed by atoms with E-state index in [0.29, 0.717) is 24.2 Å². The predicted octanol–water partition coefficient (Wildman–Crippen LogP) is 6.16. The van der Waals surface area contributed by atoms with Crippen molar-refractivity contribution in [1.82, 2.24) is 4.90 Å². The van der Waals surface area contributed by atoms with Crippen molar-refractivity contribution in [2.24, 2.45) is 0 Å². The number of hydrogen-bond donors (Lipinski definition) is 3. The molecular weight excluding hydrogens is 580 g/mol.